The van der Waals surface area contributed by atoms with Gasteiger partial charge in [0.1, 0.15) is 6.61 Å². The molecular formula is C35H48N2O5. The number of nitrogens with one attached hydrogen (secondary N) is 1. The van der Waals surface area contributed by atoms with Crippen molar-refractivity contribution in [1.82, 2.24) is 0 Å². The van der Waals surface area contributed by atoms with Gasteiger partial charge >= 0.3 is 5.97 Å². The maximum atomic E-state index is 13.6. The first-order valence-corrected chi connectivity index (χ1v) is 15.2. The van der Waals surface area contributed by atoms with Crippen molar-refractivity contribution in [3.05, 3.63) is 77.4 Å². The Morgan fingerprint density at radius 2 is 1.57 bits per heavy atom. The number of carbonyl (C=O) groups excluding carboxylic acids is 2. The van der Waals surface area contributed by atoms with Crippen LogP contribution in [0.1, 0.15) is 119 Å². The van der Waals surface area contributed by atoms with Crippen LogP contribution in [0.3, 0.4) is 0 Å². The van der Waals surface area contributed by atoms with Crippen molar-refractivity contribution in [1.29, 1.82) is 0 Å². The second-order valence-electron chi connectivity index (χ2n) is 12.5. The Bertz CT molecular complexity index is 1250. The topological polar surface area (TPSA) is 97.2 Å². The van der Waals surface area contributed by atoms with Gasteiger partial charge < -0.3 is 20.0 Å². The van der Waals surface area contributed by atoms with E-state index in [1.54, 1.807) is 24.3 Å². The summed E-state index contributed by atoms with van der Waals surface area (Å²) < 4.78 is 5.07. The molecule has 0 bridgehead atoms. The van der Waals surface area contributed by atoms with Crippen molar-refractivity contribution >= 4 is 23.3 Å². The number of unbranched alkanes of at least 4 members (excludes halogenated alkanes) is 5. The highest BCUT2D eigenvalue weighted by molar-refractivity contribution is 6.48. The first-order chi connectivity index (χ1) is 20.0. The van der Waals surface area contributed by atoms with Gasteiger partial charge in [0.05, 0.1) is 5.56 Å². The largest absolute Gasteiger partial charge is 0.458 e. The number of carbonyl (C=O) groups is 2. The predicted molar refractivity (Wildman–Crippen MR) is 169 cm³/mol. The minimum absolute atomic E-state index is 0.0291. The van der Waals surface area contributed by atoms with Gasteiger partial charge in [0.2, 0.25) is 6.29 Å². The maximum Gasteiger partial charge on any atom is 0.338 e. The molecule has 1 aliphatic carbocycles. The van der Waals surface area contributed by atoms with E-state index in [4.69, 9.17) is 9.57 Å². The van der Waals surface area contributed by atoms with Crippen LogP contribution in [0.2, 0.25) is 0 Å². The lowest BCUT2D eigenvalue weighted by Crippen LogP contribution is -2.34. The first-order valence-electron chi connectivity index (χ1n) is 15.2. The Hall–Kier alpha value is -3.45. The number of rotatable bonds is 15. The number of hydrogen-bond acceptors (Lipinski definition) is 6. The molecule has 0 saturated carbocycles. The highest BCUT2D eigenvalue weighted by atomic mass is 16.7. The van der Waals surface area contributed by atoms with Crippen LogP contribution >= 0.6 is 0 Å². The summed E-state index contributed by atoms with van der Waals surface area (Å²) in [7, 11) is 0. The fourth-order valence-corrected chi connectivity index (χ4v) is 5.32. The van der Waals surface area contributed by atoms with Crippen LogP contribution in [-0.2, 0) is 25.2 Å². The van der Waals surface area contributed by atoms with Crippen LogP contribution < -0.4 is 5.32 Å². The number of amides is 1. The summed E-state index contributed by atoms with van der Waals surface area (Å²) in [6.45, 7) is 14.8. The SMILES string of the molecule is C=CCOC(=O)c1ccc(NC(=O)/C(=N\OC(O)CCCCCCCC)c2ccc3c(c2)C(C)(C)CCC3(C)C)cc1. The zero-order chi connectivity index (χ0) is 30.8. The van der Waals surface area contributed by atoms with Gasteiger partial charge in [0, 0.05) is 17.7 Å². The molecule has 1 unspecified atom stereocenters. The van der Waals surface area contributed by atoms with E-state index in [0.29, 0.717) is 23.2 Å². The van der Waals surface area contributed by atoms with Gasteiger partial charge in [-0.3, -0.25) is 4.79 Å². The lowest BCUT2D eigenvalue weighted by atomic mass is 9.63. The van der Waals surface area contributed by atoms with Crippen molar-refractivity contribution in [2.24, 2.45) is 5.16 Å². The molecule has 3 rings (SSSR count). The van der Waals surface area contributed by atoms with Crippen molar-refractivity contribution in [2.45, 2.75) is 110 Å². The molecule has 0 saturated heterocycles. The third kappa shape index (κ3) is 9.02. The fraction of sp³-hybridized carbons (Fsp3) is 0.514. The fourth-order valence-electron chi connectivity index (χ4n) is 5.32. The van der Waals surface area contributed by atoms with Crippen molar-refractivity contribution < 1.29 is 24.3 Å². The molecule has 2 N–H and O–H groups in total. The third-order valence-corrected chi connectivity index (χ3v) is 8.12. The van der Waals surface area contributed by atoms with Crippen molar-refractivity contribution in [3.63, 3.8) is 0 Å². The molecule has 0 heterocycles. The van der Waals surface area contributed by atoms with Crippen molar-refractivity contribution in [2.75, 3.05) is 11.9 Å². The number of esters is 1. The molecule has 0 aromatic heterocycles. The summed E-state index contributed by atoms with van der Waals surface area (Å²) >= 11 is 0. The molecule has 1 atom stereocenters. The van der Waals surface area contributed by atoms with E-state index >= 15 is 0 Å². The molecule has 2 aromatic rings. The minimum Gasteiger partial charge on any atom is -0.458 e. The van der Waals surface area contributed by atoms with Gasteiger partial charge in [-0.15, -0.1) is 0 Å². The zero-order valence-electron chi connectivity index (χ0n) is 26.0. The van der Waals surface area contributed by atoms with Crippen LogP contribution in [0.15, 0.2) is 60.3 Å². The standard InChI is InChI=1S/C35H48N2O5/c1-7-9-10-11-12-13-14-30(38)42-37-31(26-17-20-28-29(24-26)35(5,6)22-21-34(28,3)4)32(39)36-27-18-15-25(16-19-27)33(40)41-23-8-2/h8,15-20,24,30,38H,2,7,9-14,21-23H2,1,3-6H3,(H,36,39)/b37-31-. The molecule has 1 amide bonds. The van der Waals surface area contributed by atoms with E-state index < -0.39 is 18.2 Å². The summed E-state index contributed by atoms with van der Waals surface area (Å²) in [5.74, 6) is -0.945. The molecule has 42 heavy (non-hydrogen) atoms. The molecule has 0 aliphatic heterocycles. The number of fused-ring (bicyclic) bond motifs is 1. The second kappa shape index (κ2) is 15.1. The van der Waals surface area contributed by atoms with Crippen LogP contribution in [0.4, 0.5) is 5.69 Å². The predicted octanol–water partition coefficient (Wildman–Crippen LogP) is 7.81. The van der Waals surface area contributed by atoms with Gasteiger partial charge in [-0.05, 0) is 71.6 Å². The van der Waals surface area contributed by atoms with Gasteiger partial charge in [-0.25, -0.2) is 4.79 Å². The summed E-state index contributed by atoms with van der Waals surface area (Å²) in [5.41, 5.74) is 3.97. The summed E-state index contributed by atoms with van der Waals surface area (Å²) in [6, 6.07) is 12.5. The summed E-state index contributed by atoms with van der Waals surface area (Å²) in [5, 5.41) is 17.6. The molecule has 7 heteroatoms. The number of benzene rings is 2. The number of anilines is 1. The Morgan fingerprint density at radius 1 is 0.952 bits per heavy atom. The van der Waals surface area contributed by atoms with Gasteiger partial charge in [0.25, 0.3) is 5.91 Å². The van der Waals surface area contributed by atoms with Crippen LogP contribution in [0, 0.1) is 0 Å². The number of ether oxygens (including phenoxy) is 1. The summed E-state index contributed by atoms with van der Waals surface area (Å²) in [6.07, 6.45) is 9.53. The first kappa shape index (κ1) is 33.1. The highest BCUT2D eigenvalue weighted by Crippen LogP contribution is 2.46. The van der Waals surface area contributed by atoms with Crippen LogP contribution in [-0.4, -0.2) is 35.6 Å². The normalized spacial score (nSPS) is 16.2. The lowest BCUT2D eigenvalue weighted by molar-refractivity contribution is -0.113. The maximum absolute atomic E-state index is 13.6. The number of oxime groups is 1. The molecule has 0 spiro atoms. The minimum atomic E-state index is -1.10. The number of hydrogen-bond donors (Lipinski definition) is 2. The highest BCUT2D eigenvalue weighted by Gasteiger charge is 2.37. The Balaban J connectivity index is 1.83. The van der Waals surface area contributed by atoms with Gasteiger partial charge in [-0.1, -0.05) is 96.7 Å². The molecule has 0 radical (unpaired) electrons. The zero-order valence-corrected chi connectivity index (χ0v) is 26.0. The lowest BCUT2D eigenvalue weighted by Gasteiger charge is -2.42. The monoisotopic (exact) mass is 576 g/mol. The van der Waals surface area contributed by atoms with E-state index in [2.05, 4.69) is 57.7 Å². The molecule has 7 nitrogen and oxygen atoms in total. The second-order valence-corrected chi connectivity index (χ2v) is 12.5. The average Bonchev–Trinajstić information content (AvgIpc) is 2.96. The van der Waals surface area contributed by atoms with E-state index in [9.17, 15) is 14.7 Å². The number of aliphatic hydroxyl groups is 1. The smallest absolute Gasteiger partial charge is 0.338 e. The number of aliphatic hydroxyl groups excluding tert-OH is 1. The van der Waals surface area contributed by atoms with E-state index in [1.807, 2.05) is 12.1 Å². The molecule has 0 fully saturated rings. The molecule has 228 valence electrons. The molecule has 2 aromatic carbocycles. The molecular weight excluding hydrogens is 528 g/mol. The van der Waals surface area contributed by atoms with E-state index in [1.165, 1.54) is 36.5 Å². The average molecular weight is 577 g/mol. The number of nitrogens with zero attached hydrogens (tertiary/aromatic N) is 1. The van der Waals surface area contributed by atoms with Gasteiger partial charge in [0.15, 0.2) is 5.71 Å². The third-order valence-electron chi connectivity index (χ3n) is 8.12. The van der Waals surface area contributed by atoms with Crippen LogP contribution in [0.25, 0.3) is 0 Å². The Labute approximate surface area is 251 Å². The van der Waals surface area contributed by atoms with E-state index in [-0.39, 0.29) is 23.1 Å². The molecule has 1 aliphatic rings. The quantitative estimate of drug-likeness (QED) is 0.0563. The van der Waals surface area contributed by atoms with Gasteiger partial charge in [-0.2, -0.15) is 0 Å². The Morgan fingerprint density at radius 3 is 2.24 bits per heavy atom. The van der Waals surface area contributed by atoms with E-state index in [0.717, 1.165) is 32.1 Å². The van der Waals surface area contributed by atoms with Crippen LogP contribution in [0.5, 0.6) is 0 Å². The Kier molecular flexibility index (Phi) is 11.9. The summed E-state index contributed by atoms with van der Waals surface area (Å²) in [4.78, 5) is 31.2. The van der Waals surface area contributed by atoms with Crippen molar-refractivity contribution in [3.8, 4) is 0 Å².